The van der Waals surface area contributed by atoms with Crippen molar-refractivity contribution in [3.05, 3.63) is 29.8 Å². The molecule has 2 fully saturated rings. The van der Waals surface area contributed by atoms with E-state index in [0.717, 1.165) is 18.4 Å². The Morgan fingerprint density at radius 2 is 1.52 bits per heavy atom. The summed E-state index contributed by atoms with van der Waals surface area (Å²) in [5.74, 6) is 0.613. The highest BCUT2D eigenvalue weighted by molar-refractivity contribution is 7.99. The monoisotopic (exact) mass is 360 g/mol. The van der Waals surface area contributed by atoms with Gasteiger partial charge in [0.2, 0.25) is 5.91 Å². The number of nitrogens with zero attached hydrogens (tertiary/aromatic N) is 2. The van der Waals surface area contributed by atoms with Gasteiger partial charge in [0.1, 0.15) is 0 Å². The van der Waals surface area contributed by atoms with Gasteiger partial charge in [0.05, 0.1) is 0 Å². The number of carbonyl (C=O) groups excluding carboxylic acids is 2. The normalized spacial score (nSPS) is 18.8. The van der Waals surface area contributed by atoms with Crippen molar-refractivity contribution in [2.24, 2.45) is 5.92 Å². The molecule has 0 N–H and O–H groups in total. The summed E-state index contributed by atoms with van der Waals surface area (Å²) in [6, 6.07) is 7.89. The number of rotatable bonds is 4. The molecule has 25 heavy (non-hydrogen) atoms. The lowest BCUT2D eigenvalue weighted by molar-refractivity contribution is -0.136. The van der Waals surface area contributed by atoms with Crippen LogP contribution in [0.1, 0.15) is 49.9 Å². The number of hydrogen-bond donors (Lipinski definition) is 0. The van der Waals surface area contributed by atoms with Crippen molar-refractivity contribution in [3.63, 3.8) is 0 Å². The highest BCUT2D eigenvalue weighted by atomic mass is 32.2. The van der Waals surface area contributed by atoms with E-state index in [1.54, 1.807) is 11.8 Å². The Bertz CT molecular complexity index is 601. The molecule has 2 amide bonds. The molecule has 5 heteroatoms. The maximum Gasteiger partial charge on any atom is 0.253 e. The first-order valence-electron chi connectivity index (χ1n) is 9.39. The van der Waals surface area contributed by atoms with Gasteiger partial charge in [0, 0.05) is 47.8 Å². The molecule has 4 nitrogen and oxygen atoms in total. The van der Waals surface area contributed by atoms with Crippen LogP contribution in [0.3, 0.4) is 0 Å². The van der Waals surface area contributed by atoms with Gasteiger partial charge in [-0.25, -0.2) is 0 Å². The smallest absolute Gasteiger partial charge is 0.253 e. The topological polar surface area (TPSA) is 40.6 Å². The number of carbonyl (C=O) groups is 2. The van der Waals surface area contributed by atoms with Crippen LogP contribution in [0.2, 0.25) is 0 Å². The van der Waals surface area contributed by atoms with E-state index >= 15 is 0 Å². The van der Waals surface area contributed by atoms with E-state index in [9.17, 15) is 9.59 Å². The van der Waals surface area contributed by atoms with E-state index in [2.05, 4.69) is 13.8 Å². The zero-order valence-corrected chi connectivity index (χ0v) is 16.1. The van der Waals surface area contributed by atoms with Crippen LogP contribution in [0.5, 0.6) is 0 Å². The summed E-state index contributed by atoms with van der Waals surface area (Å²) in [6.45, 7) is 6.94. The molecule has 1 saturated heterocycles. The van der Waals surface area contributed by atoms with Gasteiger partial charge in [-0.15, -0.1) is 11.8 Å². The lowest BCUT2D eigenvalue weighted by atomic mass is 10.1. The Labute approximate surface area is 154 Å². The number of piperazine rings is 1. The minimum absolute atomic E-state index is 0.0778. The minimum atomic E-state index is 0.0778. The first kappa shape index (κ1) is 18.3. The lowest BCUT2D eigenvalue weighted by Crippen LogP contribution is -2.51. The van der Waals surface area contributed by atoms with E-state index < -0.39 is 0 Å². The summed E-state index contributed by atoms with van der Waals surface area (Å²) in [5, 5.41) is 0.534. The van der Waals surface area contributed by atoms with E-state index in [-0.39, 0.29) is 11.8 Å². The summed E-state index contributed by atoms with van der Waals surface area (Å²) in [7, 11) is 0. The third kappa shape index (κ3) is 4.57. The van der Waals surface area contributed by atoms with Crippen molar-refractivity contribution in [1.29, 1.82) is 0 Å². The van der Waals surface area contributed by atoms with Crippen LogP contribution in [-0.4, -0.2) is 53.0 Å². The predicted octanol–water partition coefficient (Wildman–Crippen LogP) is 3.66. The van der Waals surface area contributed by atoms with Gasteiger partial charge in [-0.3, -0.25) is 9.59 Å². The van der Waals surface area contributed by atoms with Gasteiger partial charge in [0.15, 0.2) is 0 Å². The Morgan fingerprint density at radius 1 is 0.960 bits per heavy atom. The molecule has 1 heterocycles. The molecule has 0 atom stereocenters. The predicted molar refractivity (Wildman–Crippen MR) is 102 cm³/mol. The zero-order chi connectivity index (χ0) is 17.8. The molecular weight excluding hydrogens is 332 g/mol. The quantitative estimate of drug-likeness (QED) is 0.770. The molecule has 0 spiro atoms. The van der Waals surface area contributed by atoms with Crippen molar-refractivity contribution >= 4 is 23.6 Å². The first-order valence-corrected chi connectivity index (χ1v) is 10.3. The van der Waals surface area contributed by atoms with Gasteiger partial charge in [-0.2, -0.15) is 0 Å². The molecule has 0 aromatic heterocycles. The number of benzene rings is 1. The summed E-state index contributed by atoms with van der Waals surface area (Å²) in [5.41, 5.74) is 0.740. The molecule has 136 valence electrons. The molecular formula is C20H28N2O2S. The maximum atomic E-state index is 12.7. The average Bonchev–Trinajstić information content (AvgIpc) is 3.15. The molecule has 0 unspecified atom stereocenters. The Morgan fingerprint density at radius 3 is 2.08 bits per heavy atom. The van der Waals surface area contributed by atoms with Crippen molar-refractivity contribution < 1.29 is 9.59 Å². The highest BCUT2D eigenvalue weighted by Crippen LogP contribution is 2.27. The molecule has 1 aromatic rings. The Balaban J connectivity index is 1.53. The van der Waals surface area contributed by atoms with Gasteiger partial charge in [-0.05, 0) is 37.1 Å². The first-order chi connectivity index (χ1) is 12.0. The third-order valence-corrected chi connectivity index (χ3v) is 6.07. The number of hydrogen-bond acceptors (Lipinski definition) is 3. The fraction of sp³-hybridized carbons (Fsp3) is 0.600. The SMILES string of the molecule is CC(C)Sc1ccc(C(=O)N2CCN(C(=O)C3CCCC3)CC2)cc1. The van der Waals surface area contributed by atoms with E-state index in [0.29, 0.717) is 37.3 Å². The van der Waals surface area contributed by atoms with E-state index in [1.807, 2.05) is 34.1 Å². The maximum absolute atomic E-state index is 12.7. The zero-order valence-electron chi connectivity index (χ0n) is 15.2. The molecule has 2 aliphatic rings. The summed E-state index contributed by atoms with van der Waals surface area (Å²) >= 11 is 1.80. The Hall–Kier alpha value is -1.49. The summed E-state index contributed by atoms with van der Waals surface area (Å²) in [6.07, 6.45) is 4.44. The summed E-state index contributed by atoms with van der Waals surface area (Å²) < 4.78 is 0. The van der Waals surface area contributed by atoms with Crippen molar-refractivity contribution in [2.45, 2.75) is 49.7 Å². The van der Waals surface area contributed by atoms with Crippen LogP contribution in [0.15, 0.2) is 29.2 Å². The molecule has 0 bridgehead atoms. The van der Waals surface area contributed by atoms with Crippen LogP contribution in [0.25, 0.3) is 0 Å². The van der Waals surface area contributed by atoms with Gasteiger partial charge in [0.25, 0.3) is 5.91 Å². The standard InChI is InChI=1S/C20H28N2O2S/c1-15(2)25-18-9-7-17(8-10-18)20(24)22-13-11-21(12-14-22)19(23)16-5-3-4-6-16/h7-10,15-16H,3-6,11-14H2,1-2H3. The fourth-order valence-corrected chi connectivity index (χ4v) is 4.53. The largest absolute Gasteiger partial charge is 0.339 e. The van der Waals surface area contributed by atoms with Crippen LogP contribution < -0.4 is 0 Å². The lowest BCUT2D eigenvalue weighted by Gasteiger charge is -2.36. The fourth-order valence-electron chi connectivity index (χ4n) is 3.69. The molecule has 1 aliphatic heterocycles. The molecule has 1 aliphatic carbocycles. The van der Waals surface area contributed by atoms with E-state index in [4.69, 9.17) is 0 Å². The molecule has 1 saturated carbocycles. The summed E-state index contributed by atoms with van der Waals surface area (Å²) in [4.78, 5) is 30.2. The van der Waals surface area contributed by atoms with Gasteiger partial charge < -0.3 is 9.80 Å². The van der Waals surface area contributed by atoms with Crippen molar-refractivity contribution in [2.75, 3.05) is 26.2 Å². The Kier molecular flexibility index (Phi) is 6.05. The van der Waals surface area contributed by atoms with Crippen LogP contribution >= 0.6 is 11.8 Å². The van der Waals surface area contributed by atoms with E-state index in [1.165, 1.54) is 17.7 Å². The second-order valence-corrected chi connectivity index (χ2v) is 8.94. The van der Waals surface area contributed by atoms with Crippen LogP contribution in [0, 0.1) is 5.92 Å². The highest BCUT2D eigenvalue weighted by Gasteiger charge is 2.30. The minimum Gasteiger partial charge on any atom is -0.339 e. The van der Waals surface area contributed by atoms with Crippen molar-refractivity contribution in [3.8, 4) is 0 Å². The van der Waals surface area contributed by atoms with Crippen LogP contribution in [-0.2, 0) is 4.79 Å². The average molecular weight is 361 g/mol. The van der Waals surface area contributed by atoms with Gasteiger partial charge >= 0.3 is 0 Å². The second kappa shape index (κ2) is 8.26. The molecule has 1 aromatic carbocycles. The molecule has 0 radical (unpaired) electrons. The van der Waals surface area contributed by atoms with Gasteiger partial charge in [-0.1, -0.05) is 26.7 Å². The molecule has 3 rings (SSSR count). The second-order valence-electron chi connectivity index (χ2n) is 7.29. The third-order valence-electron chi connectivity index (χ3n) is 5.06. The van der Waals surface area contributed by atoms with Crippen molar-refractivity contribution in [1.82, 2.24) is 9.80 Å². The number of thioether (sulfide) groups is 1. The van der Waals surface area contributed by atoms with Crippen LogP contribution in [0.4, 0.5) is 0 Å². The number of amides is 2.